The van der Waals surface area contributed by atoms with E-state index in [1.54, 1.807) is 0 Å². The maximum Gasteiger partial charge on any atom is 0.427 e. The van der Waals surface area contributed by atoms with E-state index in [2.05, 4.69) is 10.3 Å². The van der Waals surface area contributed by atoms with Gasteiger partial charge in [0.1, 0.15) is 4.88 Å². The van der Waals surface area contributed by atoms with Gasteiger partial charge in [0.05, 0.1) is 5.51 Å². The number of carboxylic acid groups (broad SMARTS) is 1. The number of alkyl halides is 3. The first-order valence-corrected chi connectivity index (χ1v) is 6.13. The van der Waals surface area contributed by atoms with Crippen molar-refractivity contribution in [2.75, 3.05) is 0 Å². The van der Waals surface area contributed by atoms with E-state index >= 15 is 0 Å². The third-order valence-corrected chi connectivity index (χ3v) is 3.08. The number of amides is 1. The van der Waals surface area contributed by atoms with E-state index in [0.717, 1.165) is 5.51 Å². The highest BCUT2D eigenvalue weighted by atomic mass is 32.1. The maximum atomic E-state index is 12.5. The highest BCUT2D eigenvalue weighted by Crippen LogP contribution is 2.34. The van der Waals surface area contributed by atoms with Crippen LogP contribution in [0, 0.1) is 0 Å². The Bertz CT molecular complexity index is 473. The number of aromatic nitrogens is 1. The van der Waals surface area contributed by atoms with E-state index in [1.165, 1.54) is 6.92 Å². The molecule has 0 aliphatic rings. The summed E-state index contributed by atoms with van der Waals surface area (Å²) in [5.74, 6) is -1.99. The molecule has 0 aliphatic carbocycles. The number of carboxylic acids is 1. The van der Waals surface area contributed by atoms with Crippen molar-refractivity contribution in [3.63, 3.8) is 0 Å². The maximum absolute atomic E-state index is 12.5. The topological polar surface area (TPSA) is 79.3 Å². The second-order valence-corrected chi connectivity index (χ2v) is 4.69. The van der Waals surface area contributed by atoms with Gasteiger partial charge in [-0.05, 0) is 13.3 Å². The number of nitrogens with one attached hydrogen (secondary N) is 1. The lowest BCUT2D eigenvalue weighted by molar-refractivity contribution is -0.137. The molecule has 106 valence electrons. The number of rotatable bonds is 5. The lowest BCUT2D eigenvalue weighted by Crippen LogP contribution is -2.34. The Morgan fingerprint density at radius 3 is 2.68 bits per heavy atom. The molecule has 1 aromatic heterocycles. The summed E-state index contributed by atoms with van der Waals surface area (Å²) >= 11 is 0.339. The van der Waals surface area contributed by atoms with Crippen molar-refractivity contribution in [3.05, 3.63) is 16.1 Å². The van der Waals surface area contributed by atoms with Gasteiger partial charge in [-0.3, -0.25) is 9.59 Å². The molecule has 0 fully saturated rings. The molecular weight excluding hydrogens is 285 g/mol. The Labute approximate surface area is 110 Å². The number of carbonyl (C=O) groups is 2. The molecule has 9 heteroatoms. The lowest BCUT2D eigenvalue weighted by atomic mass is 10.2. The minimum absolute atomic E-state index is 0.132. The van der Waals surface area contributed by atoms with Gasteiger partial charge in [0, 0.05) is 12.5 Å². The summed E-state index contributed by atoms with van der Waals surface area (Å²) in [5.41, 5.74) is 0.263. The van der Waals surface area contributed by atoms with Crippen LogP contribution in [0.2, 0.25) is 0 Å². The monoisotopic (exact) mass is 296 g/mol. The van der Waals surface area contributed by atoms with Crippen molar-refractivity contribution in [2.45, 2.75) is 32.0 Å². The Balaban J connectivity index is 2.69. The minimum atomic E-state index is -4.63. The Hall–Kier alpha value is -1.64. The standard InChI is InChI=1S/C10H11F3N2O3S/c1-5(2-3-6(16)17)15-9(18)7-8(10(11,12)13)19-4-14-7/h4-5H,2-3H2,1H3,(H,15,18)(H,16,17). The van der Waals surface area contributed by atoms with E-state index in [9.17, 15) is 22.8 Å². The lowest BCUT2D eigenvalue weighted by Gasteiger charge is -2.13. The predicted octanol–water partition coefficient (Wildman–Crippen LogP) is 2.15. The van der Waals surface area contributed by atoms with Gasteiger partial charge in [0.2, 0.25) is 0 Å². The Morgan fingerprint density at radius 1 is 1.53 bits per heavy atom. The van der Waals surface area contributed by atoms with Gasteiger partial charge in [-0.15, -0.1) is 11.3 Å². The van der Waals surface area contributed by atoms with Gasteiger partial charge in [-0.25, -0.2) is 4.98 Å². The molecule has 1 rings (SSSR count). The number of carbonyl (C=O) groups excluding carboxylic acids is 1. The fraction of sp³-hybridized carbons (Fsp3) is 0.500. The van der Waals surface area contributed by atoms with Crippen molar-refractivity contribution in [3.8, 4) is 0 Å². The van der Waals surface area contributed by atoms with Crippen LogP contribution >= 0.6 is 11.3 Å². The second-order valence-electron chi connectivity index (χ2n) is 3.83. The molecule has 1 heterocycles. The summed E-state index contributed by atoms with van der Waals surface area (Å²) in [6, 6.07) is -0.550. The van der Waals surface area contributed by atoms with Gasteiger partial charge in [0.15, 0.2) is 5.69 Å². The van der Waals surface area contributed by atoms with Crippen molar-refractivity contribution >= 4 is 23.2 Å². The van der Waals surface area contributed by atoms with Gasteiger partial charge >= 0.3 is 12.1 Å². The highest BCUT2D eigenvalue weighted by Gasteiger charge is 2.38. The molecule has 0 aromatic carbocycles. The molecule has 1 atom stereocenters. The SMILES string of the molecule is CC(CCC(=O)O)NC(=O)c1ncsc1C(F)(F)F. The molecule has 1 aromatic rings. The van der Waals surface area contributed by atoms with Gasteiger partial charge in [-0.1, -0.05) is 0 Å². The third-order valence-electron chi connectivity index (χ3n) is 2.21. The molecule has 0 saturated heterocycles. The summed E-state index contributed by atoms with van der Waals surface area (Å²) < 4.78 is 37.6. The first-order valence-electron chi connectivity index (χ1n) is 5.25. The fourth-order valence-electron chi connectivity index (χ4n) is 1.31. The molecule has 0 spiro atoms. The molecule has 2 N–H and O–H groups in total. The zero-order chi connectivity index (χ0) is 14.6. The number of nitrogens with zero attached hydrogens (tertiary/aromatic N) is 1. The molecule has 0 bridgehead atoms. The van der Waals surface area contributed by atoms with E-state index in [0.29, 0.717) is 11.3 Å². The van der Waals surface area contributed by atoms with Crippen LogP contribution in [0.15, 0.2) is 5.51 Å². The number of hydrogen-bond donors (Lipinski definition) is 2. The largest absolute Gasteiger partial charge is 0.481 e. The van der Waals surface area contributed by atoms with E-state index in [4.69, 9.17) is 5.11 Å². The first kappa shape index (κ1) is 15.4. The van der Waals surface area contributed by atoms with Crippen LogP contribution in [0.5, 0.6) is 0 Å². The van der Waals surface area contributed by atoms with Crippen LogP contribution in [0.25, 0.3) is 0 Å². The molecule has 19 heavy (non-hydrogen) atoms. The summed E-state index contributed by atoms with van der Waals surface area (Å²) in [7, 11) is 0. The predicted molar refractivity (Wildman–Crippen MR) is 60.9 cm³/mol. The molecule has 0 aliphatic heterocycles. The molecule has 0 radical (unpaired) electrons. The van der Waals surface area contributed by atoms with Crippen molar-refractivity contribution < 1.29 is 27.9 Å². The van der Waals surface area contributed by atoms with Crippen LogP contribution in [-0.2, 0) is 11.0 Å². The fourth-order valence-corrected chi connectivity index (χ4v) is 1.97. The van der Waals surface area contributed by atoms with Gasteiger partial charge in [-0.2, -0.15) is 13.2 Å². The zero-order valence-electron chi connectivity index (χ0n) is 9.82. The first-order chi connectivity index (χ1) is 8.71. The average Bonchev–Trinajstić information content (AvgIpc) is 2.74. The molecule has 1 amide bonds. The van der Waals surface area contributed by atoms with E-state index in [1.807, 2.05) is 0 Å². The quantitative estimate of drug-likeness (QED) is 0.872. The number of thiazole rings is 1. The second kappa shape index (κ2) is 6.00. The van der Waals surface area contributed by atoms with Crippen molar-refractivity contribution in [1.29, 1.82) is 0 Å². The number of halogens is 3. The third kappa shape index (κ3) is 4.51. The van der Waals surface area contributed by atoms with Gasteiger partial charge in [0.25, 0.3) is 5.91 Å². The van der Waals surface area contributed by atoms with Crippen LogP contribution in [0.1, 0.15) is 35.1 Å². The van der Waals surface area contributed by atoms with Gasteiger partial charge < -0.3 is 10.4 Å². The molecule has 0 saturated carbocycles. The molecule has 5 nitrogen and oxygen atoms in total. The average molecular weight is 296 g/mol. The number of aliphatic carboxylic acids is 1. The van der Waals surface area contributed by atoms with Crippen LogP contribution < -0.4 is 5.32 Å². The zero-order valence-corrected chi connectivity index (χ0v) is 10.6. The minimum Gasteiger partial charge on any atom is -0.481 e. The van der Waals surface area contributed by atoms with Crippen LogP contribution in [-0.4, -0.2) is 28.0 Å². The highest BCUT2D eigenvalue weighted by molar-refractivity contribution is 7.10. The summed E-state index contributed by atoms with van der Waals surface area (Å²) in [6.07, 6.45) is -4.67. The number of hydrogen-bond acceptors (Lipinski definition) is 4. The van der Waals surface area contributed by atoms with Crippen molar-refractivity contribution in [1.82, 2.24) is 10.3 Å². The van der Waals surface area contributed by atoms with Crippen LogP contribution in [0.3, 0.4) is 0 Å². The Morgan fingerprint density at radius 2 is 2.16 bits per heavy atom. The van der Waals surface area contributed by atoms with Crippen LogP contribution in [0.4, 0.5) is 13.2 Å². The van der Waals surface area contributed by atoms with Crippen molar-refractivity contribution in [2.24, 2.45) is 0 Å². The molecular formula is C10H11F3N2O3S. The summed E-state index contributed by atoms with van der Waals surface area (Å²) in [5, 5.41) is 10.8. The summed E-state index contributed by atoms with van der Waals surface area (Å²) in [6.45, 7) is 1.51. The molecule has 1 unspecified atom stereocenters. The Kier molecular flexibility index (Phi) is 4.87. The summed E-state index contributed by atoms with van der Waals surface area (Å²) in [4.78, 5) is 24.3. The van der Waals surface area contributed by atoms with E-state index in [-0.39, 0.29) is 12.8 Å². The smallest absolute Gasteiger partial charge is 0.427 e. The van der Waals surface area contributed by atoms with E-state index < -0.39 is 34.7 Å². The normalized spacial score (nSPS) is 13.1.